The van der Waals surface area contributed by atoms with Gasteiger partial charge in [0.1, 0.15) is 5.69 Å². The van der Waals surface area contributed by atoms with Crippen molar-refractivity contribution in [1.29, 1.82) is 0 Å². The molecule has 0 aliphatic carbocycles. The number of pyridine rings is 1. The number of esters is 1. The first-order valence-electron chi connectivity index (χ1n) is 6.15. The van der Waals surface area contributed by atoms with Crippen molar-refractivity contribution >= 4 is 33.2 Å². The maximum Gasteiger partial charge on any atom is 0.356 e. The lowest BCUT2D eigenvalue weighted by molar-refractivity contribution is -0.383. The van der Waals surface area contributed by atoms with Crippen LogP contribution in [0, 0.1) is 10.1 Å². The van der Waals surface area contributed by atoms with Crippen molar-refractivity contribution in [3.63, 3.8) is 0 Å². The highest BCUT2D eigenvalue weighted by Crippen LogP contribution is 2.29. The molecule has 0 amide bonds. The van der Waals surface area contributed by atoms with Crippen molar-refractivity contribution in [3.8, 4) is 0 Å². The Kier molecular flexibility index (Phi) is 2.98. The second-order valence-electron chi connectivity index (χ2n) is 4.52. The van der Waals surface area contributed by atoms with Crippen LogP contribution in [0.2, 0.25) is 0 Å². The fourth-order valence-corrected chi connectivity index (χ4v) is 2.28. The molecule has 3 aromatic rings. The molecule has 0 aliphatic rings. The minimum absolute atomic E-state index is 0.0332. The molecule has 0 fully saturated rings. The predicted octanol–water partition coefficient (Wildman–Crippen LogP) is 3.08. The van der Waals surface area contributed by atoms with Crippen molar-refractivity contribution in [2.75, 3.05) is 7.11 Å². The van der Waals surface area contributed by atoms with E-state index in [-0.39, 0.29) is 11.4 Å². The zero-order chi connectivity index (χ0) is 15.0. The summed E-state index contributed by atoms with van der Waals surface area (Å²) in [5.74, 6) is -0.542. The minimum atomic E-state index is -0.542. The van der Waals surface area contributed by atoms with Crippen LogP contribution < -0.4 is 0 Å². The summed E-state index contributed by atoms with van der Waals surface area (Å²) in [4.78, 5) is 26.2. The SMILES string of the molecule is COC(=O)c1cc2cc3c([N+](=O)[O-])cccc3cc2cn1. The van der Waals surface area contributed by atoms with E-state index in [2.05, 4.69) is 9.72 Å². The molecular weight excluding hydrogens is 272 g/mol. The molecule has 0 saturated heterocycles. The Balaban J connectivity index is 2.32. The molecule has 3 rings (SSSR count). The van der Waals surface area contributed by atoms with E-state index in [1.54, 1.807) is 30.5 Å². The van der Waals surface area contributed by atoms with Gasteiger partial charge in [-0.05, 0) is 29.0 Å². The summed E-state index contributed by atoms with van der Waals surface area (Å²) in [7, 11) is 1.28. The second kappa shape index (κ2) is 4.82. The smallest absolute Gasteiger partial charge is 0.356 e. The van der Waals surface area contributed by atoms with Gasteiger partial charge in [0.05, 0.1) is 17.4 Å². The summed E-state index contributed by atoms with van der Waals surface area (Å²) in [5, 5.41) is 13.9. The Hall–Kier alpha value is -3.02. The normalized spacial score (nSPS) is 10.7. The quantitative estimate of drug-likeness (QED) is 0.312. The Morgan fingerprint density at radius 2 is 2.00 bits per heavy atom. The number of rotatable bonds is 2. The predicted molar refractivity (Wildman–Crippen MR) is 77.2 cm³/mol. The molecule has 0 aliphatic heterocycles. The summed E-state index contributed by atoms with van der Waals surface area (Å²) in [6.45, 7) is 0. The van der Waals surface area contributed by atoms with E-state index in [1.807, 2.05) is 6.07 Å². The number of carbonyl (C=O) groups excluding carboxylic acids is 1. The molecule has 21 heavy (non-hydrogen) atoms. The molecule has 0 N–H and O–H groups in total. The molecule has 1 aromatic heterocycles. The average molecular weight is 282 g/mol. The Morgan fingerprint density at radius 1 is 1.19 bits per heavy atom. The van der Waals surface area contributed by atoms with E-state index < -0.39 is 10.9 Å². The highest BCUT2D eigenvalue weighted by atomic mass is 16.6. The van der Waals surface area contributed by atoms with Crippen LogP contribution in [0.4, 0.5) is 5.69 Å². The van der Waals surface area contributed by atoms with Crippen LogP contribution in [-0.4, -0.2) is 23.0 Å². The van der Waals surface area contributed by atoms with Gasteiger partial charge in [-0.2, -0.15) is 0 Å². The third-order valence-electron chi connectivity index (χ3n) is 3.29. The van der Waals surface area contributed by atoms with Gasteiger partial charge in [-0.25, -0.2) is 9.78 Å². The van der Waals surface area contributed by atoms with E-state index >= 15 is 0 Å². The molecule has 0 atom stereocenters. The van der Waals surface area contributed by atoms with Crippen molar-refractivity contribution in [1.82, 2.24) is 4.98 Å². The fourth-order valence-electron chi connectivity index (χ4n) is 2.28. The topological polar surface area (TPSA) is 82.3 Å². The molecular formula is C15H10N2O4. The van der Waals surface area contributed by atoms with Gasteiger partial charge in [0, 0.05) is 17.6 Å². The van der Waals surface area contributed by atoms with Gasteiger partial charge in [0.25, 0.3) is 5.69 Å². The first-order chi connectivity index (χ1) is 10.1. The number of nitrogens with zero attached hydrogens (tertiary/aromatic N) is 2. The molecule has 6 nitrogen and oxygen atoms in total. The largest absolute Gasteiger partial charge is 0.464 e. The number of ether oxygens (including phenoxy) is 1. The number of nitro benzene ring substituents is 1. The minimum Gasteiger partial charge on any atom is -0.464 e. The number of nitro groups is 1. The molecule has 104 valence electrons. The number of methoxy groups -OCH3 is 1. The molecule has 0 spiro atoms. The van der Waals surface area contributed by atoms with Crippen LogP contribution in [-0.2, 0) is 4.74 Å². The number of carbonyl (C=O) groups is 1. The number of hydrogen-bond acceptors (Lipinski definition) is 5. The average Bonchev–Trinajstić information content (AvgIpc) is 2.50. The molecule has 6 heteroatoms. The Bertz CT molecular complexity index is 889. The van der Waals surface area contributed by atoms with Crippen LogP contribution >= 0.6 is 0 Å². The molecule has 2 aromatic carbocycles. The number of benzene rings is 2. The zero-order valence-electron chi connectivity index (χ0n) is 11.1. The number of non-ortho nitro benzene ring substituents is 1. The third kappa shape index (κ3) is 2.16. The zero-order valence-corrected chi connectivity index (χ0v) is 11.1. The monoisotopic (exact) mass is 282 g/mol. The van der Waals surface area contributed by atoms with Gasteiger partial charge in [-0.1, -0.05) is 12.1 Å². The number of fused-ring (bicyclic) bond motifs is 2. The van der Waals surface area contributed by atoms with E-state index in [4.69, 9.17) is 0 Å². The van der Waals surface area contributed by atoms with E-state index in [9.17, 15) is 14.9 Å². The highest BCUT2D eigenvalue weighted by Gasteiger charge is 2.13. The van der Waals surface area contributed by atoms with Crippen LogP contribution in [0.15, 0.2) is 42.6 Å². The lowest BCUT2D eigenvalue weighted by Crippen LogP contribution is -2.03. The first kappa shape index (κ1) is 13.0. The van der Waals surface area contributed by atoms with Gasteiger partial charge in [0.15, 0.2) is 0 Å². The summed E-state index contributed by atoms with van der Waals surface area (Å²) >= 11 is 0. The van der Waals surface area contributed by atoms with Crippen molar-refractivity contribution in [2.24, 2.45) is 0 Å². The molecule has 1 heterocycles. The number of aromatic nitrogens is 1. The van der Waals surface area contributed by atoms with Gasteiger partial charge in [-0.3, -0.25) is 10.1 Å². The van der Waals surface area contributed by atoms with Gasteiger partial charge < -0.3 is 4.74 Å². The summed E-state index contributed by atoms with van der Waals surface area (Å²) < 4.78 is 4.62. The second-order valence-corrected chi connectivity index (χ2v) is 4.52. The molecule has 0 unspecified atom stereocenters. The summed E-state index contributed by atoms with van der Waals surface area (Å²) in [5.41, 5.74) is 0.203. The maximum atomic E-state index is 11.5. The van der Waals surface area contributed by atoms with Crippen LogP contribution in [0.5, 0.6) is 0 Å². The lowest BCUT2D eigenvalue weighted by atomic mass is 10.0. The Labute approximate surface area is 119 Å². The van der Waals surface area contributed by atoms with E-state index in [0.717, 1.165) is 10.8 Å². The van der Waals surface area contributed by atoms with Gasteiger partial charge in [0.2, 0.25) is 0 Å². The van der Waals surface area contributed by atoms with Crippen molar-refractivity contribution < 1.29 is 14.5 Å². The summed E-state index contributed by atoms with van der Waals surface area (Å²) in [6.07, 6.45) is 1.56. The van der Waals surface area contributed by atoms with E-state index in [0.29, 0.717) is 10.8 Å². The highest BCUT2D eigenvalue weighted by molar-refractivity contribution is 6.03. The standard InChI is InChI=1S/C15H10N2O4/c1-21-15(18)13-7-10-6-12-9(5-11(10)8-16-13)3-2-4-14(12)17(19)20/h2-8H,1H3. The van der Waals surface area contributed by atoms with E-state index in [1.165, 1.54) is 13.2 Å². The third-order valence-corrected chi connectivity index (χ3v) is 3.29. The lowest BCUT2D eigenvalue weighted by Gasteiger charge is -2.04. The fraction of sp³-hybridized carbons (Fsp3) is 0.0667. The van der Waals surface area contributed by atoms with Crippen LogP contribution in [0.25, 0.3) is 21.5 Å². The number of hydrogen-bond donors (Lipinski definition) is 0. The molecule has 0 bridgehead atoms. The van der Waals surface area contributed by atoms with Gasteiger partial charge >= 0.3 is 5.97 Å². The van der Waals surface area contributed by atoms with Crippen LogP contribution in [0.1, 0.15) is 10.5 Å². The van der Waals surface area contributed by atoms with Crippen LogP contribution in [0.3, 0.4) is 0 Å². The van der Waals surface area contributed by atoms with Gasteiger partial charge in [-0.15, -0.1) is 0 Å². The molecule has 0 radical (unpaired) electrons. The maximum absolute atomic E-state index is 11.5. The Morgan fingerprint density at radius 3 is 2.71 bits per heavy atom. The molecule has 0 saturated carbocycles. The summed E-state index contributed by atoms with van der Waals surface area (Å²) in [6, 6.07) is 9.97. The first-order valence-corrected chi connectivity index (χ1v) is 6.15. The van der Waals surface area contributed by atoms with Crippen molar-refractivity contribution in [3.05, 3.63) is 58.4 Å². The van der Waals surface area contributed by atoms with Crippen molar-refractivity contribution in [2.45, 2.75) is 0 Å².